The Bertz CT molecular complexity index is 859. The van der Waals surface area contributed by atoms with E-state index in [0.717, 1.165) is 19.3 Å². The highest BCUT2D eigenvalue weighted by atomic mass is 35.5. The first kappa shape index (κ1) is 23.5. The first-order valence-corrected chi connectivity index (χ1v) is 12.9. The van der Waals surface area contributed by atoms with Crippen molar-refractivity contribution in [3.63, 3.8) is 0 Å². The third kappa shape index (κ3) is 5.35. The van der Waals surface area contributed by atoms with E-state index in [4.69, 9.17) is 11.6 Å². The Balaban J connectivity index is 1.81. The lowest BCUT2D eigenvalue weighted by Crippen LogP contribution is -2.50. The number of rotatable bonds is 6. The number of hydrogen-bond acceptors (Lipinski definition) is 4. The highest BCUT2D eigenvalue weighted by Crippen LogP contribution is 2.34. The Morgan fingerprint density at radius 3 is 2.60 bits per heavy atom. The van der Waals surface area contributed by atoms with Crippen molar-refractivity contribution in [3.05, 3.63) is 34.6 Å². The second-order valence-electron chi connectivity index (χ2n) is 9.00. The van der Waals surface area contributed by atoms with Gasteiger partial charge in [-0.25, -0.2) is 12.8 Å². The maximum Gasteiger partial charge on any atom is 0.236 e. The molecule has 0 N–H and O–H groups in total. The summed E-state index contributed by atoms with van der Waals surface area (Å²) in [5.41, 5.74) is 0.406. The van der Waals surface area contributed by atoms with Gasteiger partial charge >= 0.3 is 0 Å². The van der Waals surface area contributed by atoms with Gasteiger partial charge in [-0.05, 0) is 36.8 Å². The zero-order valence-corrected chi connectivity index (χ0v) is 19.6. The molecular weight excluding hydrogens is 427 g/mol. The molecule has 1 aromatic rings. The smallest absolute Gasteiger partial charge is 0.236 e. The third-order valence-corrected chi connectivity index (χ3v) is 9.15. The van der Waals surface area contributed by atoms with E-state index in [9.17, 15) is 17.6 Å². The largest absolute Gasteiger partial charge is 0.341 e. The van der Waals surface area contributed by atoms with Crippen LogP contribution < -0.4 is 0 Å². The number of hydrogen-bond donors (Lipinski definition) is 0. The Labute approximate surface area is 184 Å². The Morgan fingerprint density at radius 1 is 1.23 bits per heavy atom. The van der Waals surface area contributed by atoms with Crippen molar-refractivity contribution in [2.24, 2.45) is 11.8 Å². The van der Waals surface area contributed by atoms with E-state index in [1.807, 2.05) is 4.90 Å². The molecule has 168 valence electrons. The summed E-state index contributed by atoms with van der Waals surface area (Å²) < 4.78 is 38.2. The molecule has 1 amide bonds. The lowest BCUT2D eigenvalue weighted by Gasteiger charge is -2.42. The van der Waals surface area contributed by atoms with Crippen LogP contribution in [0.4, 0.5) is 4.39 Å². The number of sulfone groups is 1. The molecule has 0 radical (unpaired) electrons. The lowest BCUT2D eigenvalue weighted by molar-refractivity contribution is -0.134. The Kier molecular flexibility index (Phi) is 7.46. The molecule has 0 unspecified atom stereocenters. The molecule has 2 aliphatic rings. The topological polar surface area (TPSA) is 57.7 Å². The molecule has 1 heterocycles. The van der Waals surface area contributed by atoms with Crippen LogP contribution in [0.1, 0.15) is 45.1 Å². The molecule has 5 nitrogen and oxygen atoms in total. The molecule has 1 saturated carbocycles. The molecule has 1 aliphatic carbocycles. The Hall–Kier alpha value is -1.18. The highest BCUT2D eigenvalue weighted by Gasteiger charge is 2.36. The van der Waals surface area contributed by atoms with E-state index in [1.54, 1.807) is 24.1 Å². The van der Waals surface area contributed by atoms with Gasteiger partial charge in [-0.2, -0.15) is 0 Å². The van der Waals surface area contributed by atoms with Crippen molar-refractivity contribution in [3.8, 4) is 0 Å². The van der Waals surface area contributed by atoms with Crippen LogP contribution in [0.2, 0.25) is 5.02 Å². The van der Waals surface area contributed by atoms with Crippen molar-refractivity contribution in [1.29, 1.82) is 0 Å². The lowest BCUT2D eigenvalue weighted by atomic mass is 9.77. The average Bonchev–Trinajstić information content (AvgIpc) is 3.05. The molecule has 8 heteroatoms. The van der Waals surface area contributed by atoms with Gasteiger partial charge in [-0.1, -0.05) is 44.4 Å². The van der Waals surface area contributed by atoms with Crippen LogP contribution in [-0.4, -0.2) is 61.3 Å². The van der Waals surface area contributed by atoms with Gasteiger partial charge in [-0.15, -0.1) is 0 Å². The van der Waals surface area contributed by atoms with Crippen molar-refractivity contribution in [2.75, 3.05) is 25.1 Å². The fraction of sp³-hybridized carbons (Fsp3) is 0.682. The standard InChI is InChI=1S/C22H32ClFN2O3S/c1-15-6-4-9-21(16(15)2)26(12-18-19(23)7-5-8-20(18)24)13-22(27)25(3)17-10-11-30(28,29)14-17/h5,7-8,15-17,21H,4,6,9-14H2,1-3H3/t15-,16+,17-,21+/m1/s1. The molecule has 4 atom stereocenters. The zero-order valence-electron chi connectivity index (χ0n) is 18.0. The number of carbonyl (C=O) groups excluding carboxylic acids is 1. The minimum atomic E-state index is -3.07. The minimum absolute atomic E-state index is 0.0191. The molecular formula is C22H32ClFN2O3S. The van der Waals surface area contributed by atoms with Crippen LogP contribution in [-0.2, 0) is 21.2 Å². The van der Waals surface area contributed by atoms with Gasteiger partial charge in [0.1, 0.15) is 5.82 Å². The van der Waals surface area contributed by atoms with Crippen LogP contribution in [0.15, 0.2) is 18.2 Å². The molecule has 2 fully saturated rings. The minimum Gasteiger partial charge on any atom is -0.341 e. The molecule has 30 heavy (non-hydrogen) atoms. The molecule has 3 rings (SSSR count). The molecule has 1 aromatic carbocycles. The van der Waals surface area contributed by atoms with E-state index in [-0.39, 0.29) is 48.4 Å². The van der Waals surface area contributed by atoms with Gasteiger partial charge in [0, 0.05) is 36.3 Å². The summed E-state index contributed by atoms with van der Waals surface area (Å²) in [6, 6.07) is 4.50. The van der Waals surface area contributed by atoms with Gasteiger partial charge < -0.3 is 4.90 Å². The number of likely N-dealkylation sites (N-methyl/N-ethyl adjacent to an activating group) is 1. The SMILES string of the molecule is C[C@H]1[C@H](C)CCC[C@@H]1N(CC(=O)N(C)[C@@H]1CCS(=O)(=O)C1)Cc1c(F)cccc1Cl. The van der Waals surface area contributed by atoms with Crippen LogP contribution in [0, 0.1) is 17.7 Å². The van der Waals surface area contributed by atoms with E-state index < -0.39 is 9.84 Å². The number of carbonyl (C=O) groups is 1. The highest BCUT2D eigenvalue weighted by molar-refractivity contribution is 7.91. The van der Waals surface area contributed by atoms with Crippen molar-refractivity contribution in [1.82, 2.24) is 9.80 Å². The first-order chi connectivity index (χ1) is 14.1. The van der Waals surface area contributed by atoms with Crippen molar-refractivity contribution < 1.29 is 17.6 Å². The number of benzene rings is 1. The first-order valence-electron chi connectivity index (χ1n) is 10.7. The quantitative estimate of drug-likeness (QED) is 0.651. The number of halogens is 2. The summed E-state index contributed by atoms with van der Waals surface area (Å²) >= 11 is 6.28. The van der Waals surface area contributed by atoms with Gasteiger partial charge in [0.05, 0.1) is 18.1 Å². The van der Waals surface area contributed by atoms with Gasteiger partial charge in [0.2, 0.25) is 5.91 Å². The van der Waals surface area contributed by atoms with Crippen LogP contribution in [0.3, 0.4) is 0 Å². The molecule has 1 saturated heterocycles. The fourth-order valence-corrected chi connectivity index (χ4v) is 6.81. The van der Waals surface area contributed by atoms with E-state index in [0.29, 0.717) is 28.8 Å². The molecule has 0 aromatic heterocycles. The number of amides is 1. The molecule has 0 bridgehead atoms. The predicted octanol–water partition coefficient (Wildman–Crippen LogP) is 3.75. The van der Waals surface area contributed by atoms with Crippen LogP contribution >= 0.6 is 11.6 Å². The maximum absolute atomic E-state index is 14.5. The molecule has 1 aliphatic heterocycles. The summed E-state index contributed by atoms with van der Waals surface area (Å²) in [6.45, 7) is 4.81. The summed E-state index contributed by atoms with van der Waals surface area (Å²) in [5, 5.41) is 0.360. The second kappa shape index (κ2) is 9.53. The average molecular weight is 459 g/mol. The summed E-state index contributed by atoms with van der Waals surface area (Å²) in [6.07, 6.45) is 3.65. The fourth-order valence-electron chi connectivity index (χ4n) is 4.82. The zero-order chi connectivity index (χ0) is 22.1. The van der Waals surface area contributed by atoms with Crippen LogP contribution in [0.5, 0.6) is 0 Å². The number of nitrogens with zero attached hydrogens (tertiary/aromatic N) is 2. The summed E-state index contributed by atoms with van der Waals surface area (Å²) in [7, 11) is -1.40. The van der Waals surface area contributed by atoms with Crippen LogP contribution in [0.25, 0.3) is 0 Å². The molecule has 0 spiro atoms. The predicted molar refractivity (Wildman–Crippen MR) is 118 cm³/mol. The second-order valence-corrected chi connectivity index (χ2v) is 11.6. The van der Waals surface area contributed by atoms with Crippen molar-refractivity contribution >= 4 is 27.3 Å². The normalized spacial score (nSPS) is 28.6. The summed E-state index contributed by atoms with van der Waals surface area (Å²) in [5.74, 6) is 0.540. The van der Waals surface area contributed by atoms with E-state index in [2.05, 4.69) is 13.8 Å². The van der Waals surface area contributed by atoms with Gasteiger partial charge in [0.25, 0.3) is 0 Å². The van der Waals surface area contributed by atoms with E-state index >= 15 is 0 Å². The van der Waals surface area contributed by atoms with E-state index in [1.165, 1.54) is 6.07 Å². The third-order valence-electron chi connectivity index (χ3n) is 7.04. The maximum atomic E-state index is 14.5. The Morgan fingerprint density at radius 2 is 1.97 bits per heavy atom. The monoisotopic (exact) mass is 458 g/mol. The van der Waals surface area contributed by atoms with Crippen molar-refractivity contribution in [2.45, 2.75) is 58.2 Å². The van der Waals surface area contributed by atoms with Gasteiger partial charge in [-0.3, -0.25) is 9.69 Å². The summed E-state index contributed by atoms with van der Waals surface area (Å²) in [4.78, 5) is 16.7. The van der Waals surface area contributed by atoms with Gasteiger partial charge in [0.15, 0.2) is 9.84 Å².